The van der Waals surface area contributed by atoms with Gasteiger partial charge in [0.25, 0.3) is 0 Å². The first-order valence-electron chi connectivity index (χ1n) is 11.1. The van der Waals surface area contributed by atoms with Gasteiger partial charge in [0.05, 0.1) is 19.6 Å². The molecule has 178 valence electrons. The van der Waals surface area contributed by atoms with Gasteiger partial charge in [0.2, 0.25) is 0 Å². The monoisotopic (exact) mass is 447 g/mol. The molecule has 2 heterocycles. The minimum Gasteiger partial charge on any atom is -0.469 e. The summed E-state index contributed by atoms with van der Waals surface area (Å²) in [7, 11) is 3.19. The number of nitrogens with zero attached hydrogens (tertiary/aromatic N) is 4. The van der Waals surface area contributed by atoms with Crippen molar-refractivity contribution >= 4 is 18.0 Å². The number of esters is 1. The number of aromatic nitrogens is 1. The number of amides is 1. The SMILES string of the molecule is CN=C(NCCCN(Cc1cccnc1)C(=O)OC(C)(C)C)N1CCC(C(=O)OC)CC1. The van der Waals surface area contributed by atoms with E-state index in [0.29, 0.717) is 19.6 Å². The first-order valence-corrected chi connectivity index (χ1v) is 11.1. The van der Waals surface area contributed by atoms with Crippen LogP contribution in [0.25, 0.3) is 0 Å². The number of methoxy groups -OCH3 is 1. The highest BCUT2D eigenvalue weighted by Gasteiger charge is 2.27. The molecule has 0 atom stereocenters. The van der Waals surface area contributed by atoms with Gasteiger partial charge in [0, 0.05) is 45.6 Å². The highest BCUT2D eigenvalue weighted by Crippen LogP contribution is 2.18. The maximum absolute atomic E-state index is 12.7. The second kappa shape index (κ2) is 12.3. The lowest BCUT2D eigenvalue weighted by atomic mass is 9.97. The van der Waals surface area contributed by atoms with E-state index in [4.69, 9.17) is 9.47 Å². The summed E-state index contributed by atoms with van der Waals surface area (Å²) >= 11 is 0. The zero-order chi connectivity index (χ0) is 23.6. The number of aliphatic imine (C=N–C) groups is 1. The summed E-state index contributed by atoms with van der Waals surface area (Å²) in [5.74, 6) is 0.636. The van der Waals surface area contributed by atoms with Gasteiger partial charge in [-0.3, -0.25) is 14.8 Å². The van der Waals surface area contributed by atoms with Crippen LogP contribution in [0.15, 0.2) is 29.5 Å². The molecule has 1 aliphatic rings. The van der Waals surface area contributed by atoms with Crippen molar-refractivity contribution in [3.05, 3.63) is 30.1 Å². The van der Waals surface area contributed by atoms with Crippen LogP contribution >= 0.6 is 0 Å². The third-order valence-corrected chi connectivity index (χ3v) is 5.18. The molecule has 0 saturated carbocycles. The Morgan fingerprint density at radius 1 is 1.31 bits per heavy atom. The fraction of sp³-hybridized carbons (Fsp3) is 0.652. The van der Waals surface area contributed by atoms with Gasteiger partial charge in [-0.25, -0.2) is 4.79 Å². The minimum atomic E-state index is -0.555. The third-order valence-electron chi connectivity index (χ3n) is 5.18. The molecule has 1 saturated heterocycles. The lowest BCUT2D eigenvalue weighted by Gasteiger charge is -2.33. The maximum Gasteiger partial charge on any atom is 0.410 e. The van der Waals surface area contributed by atoms with Crippen molar-refractivity contribution in [2.45, 2.75) is 52.2 Å². The van der Waals surface area contributed by atoms with Crippen molar-refractivity contribution < 1.29 is 19.1 Å². The van der Waals surface area contributed by atoms with Crippen molar-refractivity contribution in [1.82, 2.24) is 20.1 Å². The Morgan fingerprint density at radius 2 is 2.03 bits per heavy atom. The quantitative estimate of drug-likeness (QED) is 0.297. The number of hydrogen-bond donors (Lipinski definition) is 1. The van der Waals surface area contributed by atoms with Gasteiger partial charge >= 0.3 is 12.1 Å². The highest BCUT2D eigenvalue weighted by molar-refractivity contribution is 5.80. The first kappa shape index (κ1) is 25.4. The Morgan fingerprint density at radius 3 is 2.59 bits per heavy atom. The molecule has 1 fully saturated rings. The molecule has 0 bridgehead atoms. The third kappa shape index (κ3) is 8.36. The van der Waals surface area contributed by atoms with Gasteiger partial charge in [-0.1, -0.05) is 6.07 Å². The summed E-state index contributed by atoms with van der Waals surface area (Å²) in [6.07, 6.45) is 5.38. The van der Waals surface area contributed by atoms with E-state index < -0.39 is 5.60 Å². The van der Waals surface area contributed by atoms with Crippen LogP contribution in [0.1, 0.15) is 45.6 Å². The molecule has 0 spiro atoms. The molecule has 0 aromatic carbocycles. The van der Waals surface area contributed by atoms with Gasteiger partial charge in [0.15, 0.2) is 5.96 Å². The van der Waals surface area contributed by atoms with E-state index in [9.17, 15) is 9.59 Å². The van der Waals surface area contributed by atoms with Crippen LogP contribution in [-0.4, -0.2) is 78.7 Å². The Balaban J connectivity index is 1.85. The van der Waals surface area contributed by atoms with Crippen LogP contribution in [-0.2, 0) is 20.8 Å². The van der Waals surface area contributed by atoms with Crippen molar-refractivity contribution in [2.24, 2.45) is 10.9 Å². The number of rotatable bonds is 7. The zero-order valence-corrected chi connectivity index (χ0v) is 20.0. The van der Waals surface area contributed by atoms with E-state index in [-0.39, 0.29) is 18.0 Å². The van der Waals surface area contributed by atoms with Crippen LogP contribution < -0.4 is 5.32 Å². The Kier molecular flexibility index (Phi) is 9.74. The van der Waals surface area contributed by atoms with E-state index in [1.54, 1.807) is 24.3 Å². The number of ether oxygens (including phenoxy) is 2. The minimum absolute atomic E-state index is 0.0378. The summed E-state index contributed by atoms with van der Waals surface area (Å²) in [6, 6.07) is 3.81. The molecule has 0 radical (unpaired) electrons. The maximum atomic E-state index is 12.7. The summed E-state index contributed by atoms with van der Waals surface area (Å²) in [6.45, 7) is 8.74. The first-order chi connectivity index (χ1) is 15.2. The molecule has 0 unspecified atom stereocenters. The van der Waals surface area contributed by atoms with Crippen molar-refractivity contribution in [2.75, 3.05) is 40.3 Å². The van der Waals surface area contributed by atoms with E-state index in [1.807, 2.05) is 32.9 Å². The van der Waals surface area contributed by atoms with Crippen LogP contribution in [0.4, 0.5) is 4.79 Å². The second-order valence-electron chi connectivity index (χ2n) is 8.88. The van der Waals surface area contributed by atoms with E-state index in [1.165, 1.54) is 7.11 Å². The molecule has 32 heavy (non-hydrogen) atoms. The Labute approximate surface area is 191 Å². The summed E-state index contributed by atoms with van der Waals surface area (Å²) < 4.78 is 10.4. The molecule has 1 N–H and O–H groups in total. The zero-order valence-electron chi connectivity index (χ0n) is 20.0. The molecule has 1 aliphatic heterocycles. The van der Waals surface area contributed by atoms with Gasteiger partial charge in [-0.05, 0) is 51.7 Å². The van der Waals surface area contributed by atoms with Crippen LogP contribution in [0, 0.1) is 5.92 Å². The molecular weight excluding hydrogens is 410 g/mol. The number of hydrogen-bond acceptors (Lipinski definition) is 6. The lowest BCUT2D eigenvalue weighted by molar-refractivity contribution is -0.146. The van der Waals surface area contributed by atoms with Crippen LogP contribution in [0.3, 0.4) is 0 Å². The van der Waals surface area contributed by atoms with E-state index in [0.717, 1.165) is 43.9 Å². The lowest BCUT2D eigenvalue weighted by Crippen LogP contribution is -2.47. The number of pyridine rings is 1. The average Bonchev–Trinajstić information content (AvgIpc) is 2.77. The van der Waals surface area contributed by atoms with Gasteiger partial charge in [-0.2, -0.15) is 0 Å². The standard InChI is InChI=1S/C23H37N5O4/c1-23(2,3)32-22(30)28(17-18-8-6-11-25-16-18)13-7-12-26-21(24-4)27-14-9-19(10-15-27)20(29)31-5/h6,8,11,16,19H,7,9-10,12-15,17H2,1-5H3,(H,24,26). The number of piperidine rings is 1. The molecule has 9 nitrogen and oxygen atoms in total. The smallest absolute Gasteiger partial charge is 0.410 e. The van der Waals surface area contributed by atoms with Gasteiger partial charge < -0.3 is 24.6 Å². The van der Waals surface area contributed by atoms with Crippen LogP contribution in [0.2, 0.25) is 0 Å². The Bertz CT molecular complexity index is 755. The molecule has 1 amide bonds. The molecule has 2 rings (SSSR count). The second-order valence-corrected chi connectivity index (χ2v) is 8.88. The summed E-state index contributed by atoms with van der Waals surface area (Å²) in [5, 5.41) is 3.37. The molecule has 1 aromatic rings. The van der Waals surface area contributed by atoms with Crippen molar-refractivity contribution in [3.8, 4) is 0 Å². The van der Waals surface area contributed by atoms with Crippen LogP contribution in [0.5, 0.6) is 0 Å². The molecule has 9 heteroatoms. The fourth-order valence-electron chi connectivity index (χ4n) is 3.57. The van der Waals surface area contributed by atoms with Gasteiger partial charge in [-0.15, -0.1) is 0 Å². The molecular formula is C23H37N5O4. The molecule has 0 aliphatic carbocycles. The van der Waals surface area contributed by atoms with Gasteiger partial charge in [0.1, 0.15) is 5.60 Å². The molecule has 1 aromatic heterocycles. The highest BCUT2D eigenvalue weighted by atomic mass is 16.6. The van der Waals surface area contributed by atoms with E-state index >= 15 is 0 Å². The number of nitrogens with one attached hydrogen (secondary N) is 1. The average molecular weight is 448 g/mol. The predicted molar refractivity (Wildman–Crippen MR) is 123 cm³/mol. The predicted octanol–water partition coefficient (Wildman–Crippen LogP) is 2.67. The topological polar surface area (TPSA) is 96.4 Å². The number of carbonyl (C=O) groups is 2. The normalized spacial score (nSPS) is 15.3. The fourth-order valence-corrected chi connectivity index (χ4v) is 3.57. The number of likely N-dealkylation sites (tertiary alicyclic amines) is 1. The van der Waals surface area contributed by atoms with Crippen molar-refractivity contribution in [1.29, 1.82) is 0 Å². The number of carbonyl (C=O) groups excluding carboxylic acids is 2. The number of guanidine groups is 1. The largest absolute Gasteiger partial charge is 0.469 e. The summed E-state index contributed by atoms with van der Waals surface area (Å²) in [5.41, 5.74) is 0.400. The Hall–Kier alpha value is -2.84. The van der Waals surface area contributed by atoms with E-state index in [2.05, 4.69) is 20.2 Å². The van der Waals surface area contributed by atoms with Crippen molar-refractivity contribution in [3.63, 3.8) is 0 Å². The summed E-state index contributed by atoms with van der Waals surface area (Å²) in [4.78, 5) is 36.8.